The molecule has 1 aromatic rings. The third kappa shape index (κ3) is 2.81. The largest absolute Gasteiger partial charge is 0.496 e. The second-order valence-corrected chi connectivity index (χ2v) is 5.72. The van der Waals surface area contributed by atoms with E-state index >= 15 is 0 Å². The molecular weight excluding hydrogens is 246 g/mol. The summed E-state index contributed by atoms with van der Waals surface area (Å²) in [6, 6.07) is 4.29. The number of rotatable bonds is 3. The molecule has 1 unspecified atom stereocenters. The van der Waals surface area contributed by atoms with Crippen molar-refractivity contribution < 1.29 is 4.74 Å². The molecule has 1 fully saturated rings. The molecule has 0 aromatic heterocycles. The highest BCUT2D eigenvalue weighted by Gasteiger charge is 2.20. The number of hydrogen-bond acceptors (Lipinski definition) is 2. The molecule has 0 amide bonds. The molecule has 1 heterocycles. The Morgan fingerprint density at radius 3 is 2.72 bits per heavy atom. The minimum Gasteiger partial charge on any atom is -0.496 e. The molecule has 100 valence electrons. The first-order valence-corrected chi connectivity index (χ1v) is 7.09. The van der Waals surface area contributed by atoms with Crippen molar-refractivity contribution in [1.82, 2.24) is 5.32 Å². The van der Waals surface area contributed by atoms with Gasteiger partial charge < -0.3 is 10.1 Å². The second-order valence-electron chi connectivity index (χ2n) is 5.32. The van der Waals surface area contributed by atoms with Crippen molar-refractivity contribution >= 4 is 11.6 Å². The van der Waals surface area contributed by atoms with Gasteiger partial charge in [0.1, 0.15) is 5.75 Å². The van der Waals surface area contributed by atoms with Crippen LogP contribution in [0.5, 0.6) is 5.75 Å². The van der Waals surface area contributed by atoms with Gasteiger partial charge in [-0.3, -0.25) is 0 Å². The van der Waals surface area contributed by atoms with E-state index in [1.54, 1.807) is 7.11 Å². The normalized spacial score (nSPS) is 20.2. The van der Waals surface area contributed by atoms with Gasteiger partial charge >= 0.3 is 0 Å². The Balaban J connectivity index is 2.35. The smallest absolute Gasteiger partial charge is 0.124 e. The molecular formula is C15H22ClNO. The molecule has 1 aliphatic heterocycles. The van der Waals surface area contributed by atoms with Gasteiger partial charge in [-0.05, 0) is 48.9 Å². The highest BCUT2D eigenvalue weighted by atomic mass is 35.5. The number of piperidine rings is 1. The van der Waals surface area contributed by atoms with Crippen LogP contribution in [0.2, 0.25) is 5.02 Å². The van der Waals surface area contributed by atoms with Gasteiger partial charge in [0, 0.05) is 17.1 Å². The van der Waals surface area contributed by atoms with E-state index in [2.05, 4.69) is 31.3 Å². The van der Waals surface area contributed by atoms with E-state index in [9.17, 15) is 0 Å². The van der Waals surface area contributed by atoms with Crippen LogP contribution < -0.4 is 10.1 Å². The highest BCUT2D eigenvalue weighted by Crippen LogP contribution is 2.37. The molecule has 0 bridgehead atoms. The number of hydrogen-bond donors (Lipinski definition) is 1. The topological polar surface area (TPSA) is 21.3 Å². The lowest BCUT2D eigenvalue weighted by Crippen LogP contribution is -2.28. The van der Waals surface area contributed by atoms with Crippen molar-refractivity contribution in [3.8, 4) is 5.75 Å². The van der Waals surface area contributed by atoms with Crippen LogP contribution in [0.4, 0.5) is 0 Å². The summed E-state index contributed by atoms with van der Waals surface area (Å²) in [4.78, 5) is 0. The molecule has 2 rings (SSSR count). The molecule has 2 nitrogen and oxygen atoms in total. The zero-order valence-electron chi connectivity index (χ0n) is 11.4. The number of nitrogens with one attached hydrogen (secondary N) is 1. The van der Waals surface area contributed by atoms with Gasteiger partial charge in [0.25, 0.3) is 0 Å². The van der Waals surface area contributed by atoms with Crippen molar-refractivity contribution in [3.63, 3.8) is 0 Å². The second kappa shape index (κ2) is 5.94. The Kier molecular flexibility index (Phi) is 4.52. The Morgan fingerprint density at radius 2 is 2.17 bits per heavy atom. The molecule has 0 saturated carbocycles. The van der Waals surface area contributed by atoms with Crippen LogP contribution >= 0.6 is 11.6 Å². The molecule has 1 N–H and O–H groups in total. The van der Waals surface area contributed by atoms with Crippen LogP contribution in [0.25, 0.3) is 0 Å². The minimum absolute atomic E-state index is 0.381. The zero-order valence-corrected chi connectivity index (χ0v) is 12.2. The fourth-order valence-corrected chi connectivity index (χ4v) is 3.15. The van der Waals surface area contributed by atoms with Crippen LogP contribution in [0.3, 0.4) is 0 Å². The molecule has 0 radical (unpaired) electrons. The van der Waals surface area contributed by atoms with Crippen LogP contribution in [0, 0.1) is 0 Å². The summed E-state index contributed by atoms with van der Waals surface area (Å²) >= 11 is 6.43. The molecule has 1 saturated heterocycles. The van der Waals surface area contributed by atoms with Gasteiger partial charge in [0.05, 0.1) is 7.11 Å². The van der Waals surface area contributed by atoms with Gasteiger partial charge in [-0.25, -0.2) is 0 Å². The Bertz CT molecular complexity index is 411. The first-order chi connectivity index (χ1) is 8.63. The molecule has 1 aromatic carbocycles. The first kappa shape index (κ1) is 13.7. The number of benzene rings is 1. The summed E-state index contributed by atoms with van der Waals surface area (Å²) in [6.45, 7) is 6.46. The predicted molar refractivity (Wildman–Crippen MR) is 76.9 cm³/mol. The molecule has 1 aliphatic rings. The van der Waals surface area contributed by atoms with Crippen molar-refractivity contribution in [2.24, 2.45) is 0 Å². The maximum Gasteiger partial charge on any atom is 0.124 e. The quantitative estimate of drug-likeness (QED) is 0.896. The van der Waals surface area contributed by atoms with Crippen molar-refractivity contribution in [2.45, 2.75) is 38.5 Å². The third-order valence-corrected chi connectivity index (χ3v) is 3.99. The Morgan fingerprint density at radius 1 is 1.39 bits per heavy atom. The minimum atomic E-state index is 0.381. The summed E-state index contributed by atoms with van der Waals surface area (Å²) in [5, 5.41) is 4.28. The Hall–Kier alpha value is -0.730. The Labute approximate surface area is 115 Å². The van der Waals surface area contributed by atoms with Gasteiger partial charge in [-0.2, -0.15) is 0 Å². The van der Waals surface area contributed by atoms with E-state index in [4.69, 9.17) is 16.3 Å². The van der Waals surface area contributed by atoms with E-state index in [1.807, 2.05) is 0 Å². The summed E-state index contributed by atoms with van der Waals surface area (Å²) in [5.74, 6) is 1.87. The summed E-state index contributed by atoms with van der Waals surface area (Å²) in [5.41, 5.74) is 2.42. The maximum atomic E-state index is 6.43. The molecule has 3 heteroatoms. The summed E-state index contributed by atoms with van der Waals surface area (Å²) < 4.78 is 5.51. The lowest BCUT2D eigenvalue weighted by Gasteiger charge is -2.25. The van der Waals surface area contributed by atoms with Crippen molar-refractivity contribution in [3.05, 3.63) is 28.3 Å². The molecule has 1 atom stereocenters. The van der Waals surface area contributed by atoms with Gasteiger partial charge in [-0.15, -0.1) is 0 Å². The van der Waals surface area contributed by atoms with E-state index in [1.165, 1.54) is 18.4 Å². The van der Waals surface area contributed by atoms with Gasteiger partial charge in [0.15, 0.2) is 0 Å². The monoisotopic (exact) mass is 267 g/mol. The highest BCUT2D eigenvalue weighted by molar-refractivity contribution is 6.31. The van der Waals surface area contributed by atoms with Crippen LogP contribution in [-0.2, 0) is 0 Å². The van der Waals surface area contributed by atoms with Crippen LogP contribution in [0.15, 0.2) is 12.1 Å². The molecule has 18 heavy (non-hydrogen) atoms. The van der Waals surface area contributed by atoms with Crippen molar-refractivity contribution in [1.29, 1.82) is 0 Å². The third-order valence-electron chi connectivity index (χ3n) is 3.68. The molecule has 0 aliphatic carbocycles. The summed E-state index contributed by atoms with van der Waals surface area (Å²) in [7, 11) is 1.72. The van der Waals surface area contributed by atoms with Gasteiger partial charge in [0.2, 0.25) is 0 Å². The number of ether oxygens (including phenoxy) is 1. The molecule has 0 spiro atoms. The number of methoxy groups -OCH3 is 1. The lowest BCUT2D eigenvalue weighted by atomic mass is 9.89. The van der Waals surface area contributed by atoms with E-state index < -0.39 is 0 Å². The summed E-state index contributed by atoms with van der Waals surface area (Å²) in [6.07, 6.45) is 2.46. The lowest BCUT2D eigenvalue weighted by molar-refractivity contribution is 0.404. The number of halogens is 1. The fraction of sp³-hybridized carbons (Fsp3) is 0.600. The average Bonchev–Trinajstić information content (AvgIpc) is 2.38. The zero-order chi connectivity index (χ0) is 13.1. The van der Waals surface area contributed by atoms with E-state index in [0.717, 1.165) is 29.4 Å². The maximum absolute atomic E-state index is 6.43. The SMILES string of the molecule is COc1cc(C2CCCNC2)cc(Cl)c1C(C)C. The van der Waals surface area contributed by atoms with Crippen LogP contribution in [-0.4, -0.2) is 20.2 Å². The van der Waals surface area contributed by atoms with E-state index in [0.29, 0.717) is 11.8 Å². The van der Waals surface area contributed by atoms with E-state index in [-0.39, 0.29) is 0 Å². The van der Waals surface area contributed by atoms with Gasteiger partial charge in [-0.1, -0.05) is 25.4 Å². The van der Waals surface area contributed by atoms with Crippen LogP contribution in [0.1, 0.15) is 49.7 Å². The van der Waals surface area contributed by atoms with Crippen molar-refractivity contribution in [2.75, 3.05) is 20.2 Å². The predicted octanol–water partition coefficient (Wildman–Crippen LogP) is 3.94. The average molecular weight is 268 g/mol. The fourth-order valence-electron chi connectivity index (χ4n) is 2.71. The first-order valence-electron chi connectivity index (χ1n) is 6.71. The standard InChI is InChI=1S/C15H22ClNO/c1-10(2)15-13(16)7-12(8-14(15)18-3)11-5-4-6-17-9-11/h7-8,10-11,17H,4-6,9H2,1-3H3.